The summed E-state index contributed by atoms with van der Waals surface area (Å²) in [6.45, 7) is 0.0386. The molecule has 0 aliphatic carbocycles. The Bertz CT molecular complexity index is 924. The SMILES string of the molecule is NC[C@H](C[C@H](CC(=O)c1cn[nH]n1)Cc1ccc(-c2ccccc2)cc1)C(=O)O. The normalized spacial score (nSPS) is 13.0. The van der Waals surface area contributed by atoms with Crippen LogP contribution in [-0.2, 0) is 11.2 Å². The zero-order valence-corrected chi connectivity index (χ0v) is 16.0. The smallest absolute Gasteiger partial charge is 0.307 e. The molecule has 0 fully saturated rings. The summed E-state index contributed by atoms with van der Waals surface area (Å²) in [5.41, 5.74) is 9.17. The van der Waals surface area contributed by atoms with Crippen molar-refractivity contribution in [3.05, 3.63) is 72.1 Å². The minimum absolute atomic E-state index is 0.0386. The monoisotopic (exact) mass is 392 g/mol. The van der Waals surface area contributed by atoms with Crippen molar-refractivity contribution in [1.29, 1.82) is 0 Å². The van der Waals surface area contributed by atoms with Crippen molar-refractivity contribution >= 4 is 11.8 Å². The fourth-order valence-electron chi connectivity index (χ4n) is 3.44. The van der Waals surface area contributed by atoms with Crippen molar-refractivity contribution in [2.24, 2.45) is 17.6 Å². The van der Waals surface area contributed by atoms with Gasteiger partial charge in [-0.1, -0.05) is 54.6 Å². The highest BCUT2D eigenvalue weighted by atomic mass is 16.4. The van der Waals surface area contributed by atoms with Gasteiger partial charge in [-0.3, -0.25) is 9.59 Å². The Balaban J connectivity index is 1.74. The van der Waals surface area contributed by atoms with Crippen LogP contribution in [0.25, 0.3) is 11.1 Å². The molecule has 2 aromatic carbocycles. The Hall–Kier alpha value is -3.32. The maximum atomic E-state index is 12.5. The van der Waals surface area contributed by atoms with Crippen molar-refractivity contribution in [1.82, 2.24) is 15.4 Å². The molecule has 0 aliphatic heterocycles. The zero-order valence-electron chi connectivity index (χ0n) is 16.0. The molecule has 0 saturated carbocycles. The highest BCUT2D eigenvalue weighted by Crippen LogP contribution is 2.25. The lowest BCUT2D eigenvalue weighted by Gasteiger charge is -2.20. The maximum absolute atomic E-state index is 12.5. The highest BCUT2D eigenvalue weighted by molar-refractivity contribution is 5.94. The molecule has 0 amide bonds. The van der Waals surface area contributed by atoms with E-state index < -0.39 is 11.9 Å². The number of aliphatic carboxylic acids is 1. The van der Waals surface area contributed by atoms with E-state index in [1.807, 2.05) is 54.6 Å². The summed E-state index contributed by atoms with van der Waals surface area (Å²) in [4.78, 5) is 23.9. The number of nitrogens with two attached hydrogens (primary N) is 1. The van der Waals surface area contributed by atoms with Gasteiger partial charge in [-0.25, -0.2) is 0 Å². The number of carbonyl (C=O) groups is 2. The third-order valence-electron chi connectivity index (χ3n) is 5.01. The minimum atomic E-state index is -0.939. The standard InChI is InChI=1S/C22H24N4O3/c23-13-19(22(28)29)11-16(12-21(27)20-14-24-26-25-20)10-15-6-8-18(9-7-15)17-4-2-1-3-5-17/h1-9,14,16,19H,10-13,23H2,(H,28,29)(H,24,25,26)/t16-,19+/m1/s1. The van der Waals surface area contributed by atoms with Crippen LogP contribution < -0.4 is 5.73 Å². The molecule has 7 heteroatoms. The van der Waals surface area contributed by atoms with Crippen LogP contribution in [-0.4, -0.2) is 38.8 Å². The Morgan fingerprint density at radius 2 is 1.72 bits per heavy atom. The molecule has 1 heterocycles. The number of hydrogen-bond donors (Lipinski definition) is 3. The van der Waals surface area contributed by atoms with E-state index in [0.717, 1.165) is 16.7 Å². The van der Waals surface area contributed by atoms with Gasteiger partial charge in [0.15, 0.2) is 5.78 Å². The fourth-order valence-corrected chi connectivity index (χ4v) is 3.44. The Morgan fingerprint density at radius 3 is 2.31 bits per heavy atom. The van der Waals surface area contributed by atoms with Crippen LogP contribution in [0.2, 0.25) is 0 Å². The first-order chi connectivity index (χ1) is 14.1. The van der Waals surface area contributed by atoms with E-state index >= 15 is 0 Å². The molecule has 3 aromatic rings. The van der Waals surface area contributed by atoms with E-state index in [2.05, 4.69) is 15.4 Å². The number of rotatable bonds is 10. The summed E-state index contributed by atoms with van der Waals surface area (Å²) in [5, 5.41) is 19.3. The number of H-pyrrole nitrogens is 1. The highest BCUT2D eigenvalue weighted by Gasteiger charge is 2.24. The molecule has 150 valence electrons. The molecule has 0 aliphatic rings. The summed E-state index contributed by atoms with van der Waals surface area (Å²) in [5.74, 6) is -1.95. The average molecular weight is 392 g/mol. The summed E-state index contributed by atoms with van der Waals surface area (Å²) in [7, 11) is 0. The molecule has 0 unspecified atom stereocenters. The third kappa shape index (κ3) is 5.58. The van der Waals surface area contributed by atoms with Crippen molar-refractivity contribution in [3.8, 4) is 11.1 Å². The van der Waals surface area contributed by atoms with Crippen LogP contribution in [0, 0.1) is 11.8 Å². The summed E-state index contributed by atoms with van der Waals surface area (Å²) in [6.07, 6.45) is 2.49. The summed E-state index contributed by atoms with van der Waals surface area (Å²) >= 11 is 0. The number of hydrogen-bond acceptors (Lipinski definition) is 5. The van der Waals surface area contributed by atoms with Crippen LogP contribution >= 0.6 is 0 Å². The van der Waals surface area contributed by atoms with Crippen LogP contribution in [0.3, 0.4) is 0 Å². The first-order valence-electron chi connectivity index (χ1n) is 9.53. The van der Waals surface area contributed by atoms with Crippen molar-refractivity contribution in [2.45, 2.75) is 19.3 Å². The second kappa shape index (κ2) is 9.75. The lowest BCUT2D eigenvalue weighted by molar-refractivity contribution is -0.142. The molecule has 7 nitrogen and oxygen atoms in total. The molecule has 1 aromatic heterocycles. The van der Waals surface area contributed by atoms with Crippen LogP contribution in [0.5, 0.6) is 0 Å². The molecule has 0 bridgehead atoms. The Labute approximate surface area is 169 Å². The minimum Gasteiger partial charge on any atom is -0.481 e. The molecule has 3 rings (SSSR count). The molecule has 0 radical (unpaired) electrons. The lowest BCUT2D eigenvalue weighted by atomic mass is 9.85. The molecule has 0 spiro atoms. The zero-order chi connectivity index (χ0) is 20.6. The quantitative estimate of drug-likeness (QED) is 0.456. The van der Waals surface area contributed by atoms with Gasteiger partial charge in [0.2, 0.25) is 0 Å². The number of carboxylic acid groups (broad SMARTS) is 1. The predicted molar refractivity (Wildman–Crippen MR) is 109 cm³/mol. The topological polar surface area (TPSA) is 122 Å². The average Bonchev–Trinajstić information content (AvgIpc) is 3.28. The van der Waals surface area contributed by atoms with Crippen LogP contribution in [0.1, 0.15) is 28.9 Å². The number of nitrogens with one attached hydrogen (secondary N) is 1. The molecule has 0 saturated heterocycles. The van der Waals surface area contributed by atoms with Gasteiger partial charge in [0.05, 0.1) is 12.1 Å². The molecule has 4 N–H and O–H groups in total. The van der Waals surface area contributed by atoms with Crippen molar-refractivity contribution in [3.63, 3.8) is 0 Å². The molecular weight excluding hydrogens is 368 g/mol. The first-order valence-corrected chi connectivity index (χ1v) is 9.53. The number of carboxylic acids is 1. The number of Topliss-reactive ketones (excluding diaryl/α,β-unsaturated/α-hetero) is 1. The van der Waals surface area contributed by atoms with Gasteiger partial charge in [0.1, 0.15) is 5.69 Å². The van der Waals surface area contributed by atoms with Crippen LogP contribution in [0.15, 0.2) is 60.8 Å². The van der Waals surface area contributed by atoms with E-state index in [0.29, 0.717) is 12.8 Å². The fraction of sp³-hybridized carbons (Fsp3) is 0.273. The molecule has 2 atom stereocenters. The molecule has 29 heavy (non-hydrogen) atoms. The maximum Gasteiger partial charge on any atom is 0.307 e. The number of ketones is 1. The van der Waals surface area contributed by atoms with E-state index in [1.54, 1.807) is 0 Å². The lowest BCUT2D eigenvalue weighted by Crippen LogP contribution is -2.27. The van der Waals surface area contributed by atoms with Crippen molar-refractivity contribution in [2.75, 3.05) is 6.54 Å². The Morgan fingerprint density at radius 1 is 1.03 bits per heavy atom. The largest absolute Gasteiger partial charge is 0.481 e. The van der Waals surface area contributed by atoms with Gasteiger partial charge in [0.25, 0.3) is 0 Å². The molecular formula is C22H24N4O3. The van der Waals surface area contributed by atoms with Gasteiger partial charge in [-0.2, -0.15) is 15.4 Å². The summed E-state index contributed by atoms with van der Waals surface area (Å²) < 4.78 is 0. The Kier molecular flexibility index (Phi) is 6.86. The number of nitrogens with zero attached hydrogens (tertiary/aromatic N) is 2. The van der Waals surface area contributed by atoms with E-state index in [1.165, 1.54) is 6.20 Å². The number of aromatic nitrogens is 3. The summed E-state index contributed by atoms with van der Waals surface area (Å²) in [6, 6.07) is 18.2. The second-order valence-corrected chi connectivity index (χ2v) is 7.12. The number of benzene rings is 2. The van der Waals surface area contributed by atoms with Gasteiger partial charge in [0, 0.05) is 13.0 Å². The van der Waals surface area contributed by atoms with E-state index in [4.69, 9.17) is 5.73 Å². The third-order valence-corrected chi connectivity index (χ3v) is 5.01. The first kappa shape index (κ1) is 20.4. The van der Waals surface area contributed by atoms with Gasteiger partial charge >= 0.3 is 5.97 Å². The second-order valence-electron chi connectivity index (χ2n) is 7.12. The van der Waals surface area contributed by atoms with E-state index in [9.17, 15) is 14.7 Å². The van der Waals surface area contributed by atoms with Gasteiger partial charge in [-0.15, -0.1) is 0 Å². The van der Waals surface area contributed by atoms with Crippen molar-refractivity contribution < 1.29 is 14.7 Å². The van der Waals surface area contributed by atoms with Gasteiger partial charge in [-0.05, 0) is 35.4 Å². The van der Waals surface area contributed by atoms with E-state index in [-0.39, 0.29) is 30.4 Å². The number of aromatic amines is 1. The predicted octanol–water partition coefficient (Wildman–Crippen LogP) is 2.95. The van der Waals surface area contributed by atoms with Crippen LogP contribution in [0.4, 0.5) is 0 Å². The van der Waals surface area contributed by atoms with Gasteiger partial charge < -0.3 is 10.8 Å². The number of carbonyl (C=O) groups excluding carboxylic acids is 1.